The molecule has 5 nitrogen and oxygen atoms in total. The van der Waals surface area contributed by atoms with Crippen LogP contribution in [0.15, 0.2) is 45.0 Å². The Balaban J connectivity index is 2.08. The topological polar surface area (TPSA) is 59.0 Å². The highest BCUT2D eigenvalue weighted by atomic mass is 79.9. The van der Waals surface area contributed by atoms with E-state index in [4.69, 9.17) is 4.74 Å². The maximum absolute atomic E-state index is 12.9. The molecule has 7 heteroatoms. The molecule has 26 heavy (non-hydrogen) atoms. The number of benzene rings is 1. The van der Waals surface area contributed by atoms with Gasteiger partial charge < -0.3 is 4.74 Å². The number of carbonyl (C=O) groups excluding carboxylic acids is 2. The molecule has 3 rings (SSSR count). The van der Waals surface area contributed by atoms with Crippen LogP contribution in [0.2, 0.25) is 0 Å². The molecule has 0 saturated carbocycles. The monoisotopic (exact) mass is 436 g/mol. The Bertz CT molecular complexity index is 804. The first-order valence-corrected chi connectivity index (χ1v) is 10.3. The maximum Gasteiger partial charge on any atom is 0.338 e. The van der Waals surface area contributed by atoms with E-state index < -0.39 is 12.0 Å². The summed E-state index contributed by atoms with van der Waals surface area (Å²) in [7, 11) is 0. The minimum Gasteiger partial charge on any atom is -0.462 e. The lowest BCUT2D eigenvalue weighted by Crippen LogP contribution is -2.45. The first kappa shape index (κ1) is 19.2. The van der Waals surface area contributed by atoms with Crippen molar-refractivity contribution in [3.63, 3.8) is 0 Å². The summed E-state index contributed by atoms with van der Waals surface area (Å²) >= 11 is 5.03. The van der Waals surface area contributed by atoms with Crippen LogP contribution in [0.1, 0.15) is 38.8 Å². The van der Waals surface area contributed by atoms with Crippen LogP contribution in [0.25, 0.3) is 0 Å². The van der Waals surface area contributed by atoms with Crippen molar-refractivity contribution in [1.82, 2.24) is 4.90 Å². The van der Waals surface area contributed by atoms with Gasteiger partial charge in [-0.2, -0.15) is 0 Å². The molecule has 2 aliphatic heterocycles. The van der Waals surface area contributed by atoms with Crippen molar-refractivity contribution in [2.45, 2.75) is 33.2 Å². The summed E-state index contributed by atoms with van der Waals surface area (Å²) in [5, 5.41) is 0.657. The molecule has 0 N–H and O–H groups in total. The number of thioether (sulfide) groups is 1. The zero-order valence-corrected chi connectivity index (χ0v) is 17.4. The third kappa shape index (κ3) is 3.88. The van der Waals surface area contributed by atoms with Crippen molar-refractivity contribution < 1.29 is 14.3 Å². The average molecular weight is 437 g/mol. The number of amidine groups is 1. The Morgan fingerprint density at radius 2 is 2.23 bits per heavy atom. The van der Waals surface area contributed by atoms with Crippen molar-refractivity contribution in [2.75, 3.05) is 12.4 Å². The molecule has 2 aliphatic rings. The number of allylic oxidation sites excluding steroid dienone is 1. The highest BCUT2D eigenvalue weighted by Crippen LogP contribution is 2.40. The van der Waals surface area contributed by atoms with E-state index in [9.17, 15) is 9.59 Å². The van der Waals surface area contributed by atoms with Gasteiger partial charge in [-0.1, -0.05) is 53.7 Å². The fraction of sp³-hybridized carbons (Fsp3) is 0.421. The Hall–Kier alpha value is -1.60. The van der Waals surface area contributed by atoms with Crippen LogP contribution >= 0.6 is 27.7 Å². The number of rotatable bonds is 4. The fourth-order valence-electron chi connectivity index (χ4n) is 2.97. The van der Waals surface area contributed by atoms with Gasteiger partial charge in [0.25, 0.3) is 0 Å². The van der Waals surface area contributed by atoms with Gasteiger partial charge in [0.05, 0.1) is 23.9 Å². The zero-order valence-electron chi connectivity index (χ0n) is 15.0. The van der Waals surface area contributed by atoms with Gasteiger partial charge in [-0.05, 0) is 30.5 Å². The predicted octanol–water partition coefficient (Wildman–Crippen LogP) is 4.30. The Morgan fingerprint density at radius 3 is 2.92 bits per heavy atom. The van der Waals surface area contributed by atoms with Gasteiger partial charge in [0.2, 0.25) is 5.91 Å². The molecule has 1 fully saturated rings. The molecule has 1 saturated heterocycles. The summed E-state index contributed by atoms with van der Waals surface area (Å²) < 4.78 is 6.38. The van der Waals surface area contributed by atoms with Crippen molar-refractivity contribution in [3.8, 4) is 0 Å². The molecule has 138 valence electrons. The summed E-state index contributed by atoms with van der Waals surface area (Å²) in [6.45, 7) is 6.12. The minimum absolute atomic E-state index is 0.0193. The highest BCUT2D eigenvalue weighted by molar-refractivity contribution is 9.10. The molecular formula is C19H21BrN2O3S. The molecule has 0 aromatic heterocycles. The summed E-state index contributed by atoms with van der Waals surface area (Å²) in [4.78, 5) is 31.7. The second-order valence-electron chi connectivity index (χ2n) is 6.71. The largest absolute Gasteiger partial charge is 0.462 e. The smallest absolute Gasteiger partial charge is 0.338 e. The fourth-order valence-corrected chi connectivity index (χ4v) is 4.39. The second-order valence-corrected chi connectivity index (χ2v) is 8.68. The number of ether oxygens (including phenoxy) is 1. The van der Waals surface area contributed by atoms with Crippen molar-refractivity contribution in [3.05, 3.63) is 45.6 Å². The van der Waals surface area contributed by atoms with Crippen molar-refractivity contribution in [2.24, 2.45) is 10.9 Å². The van der Waals surface area contributed by atoms with Crippen LogP contribution in [0.3, 0.4) is 0 Å². The van der Waals surface area contributed by atoms with Gasteiger partial charge >= 0.3 is 5.97 Å². The van der Waals surface area contributed by atoms with Gasteiger partial charge in [0.1, 0.15) is 0 Å². The zero-order chi connectivity index (χ0) is 18.8. The number of hydrogen-bond donors (Lipinski definition) is 0. The number of esters is 1. The number of halogens is 1. The molecule has 0 bridgehead atoms. The Labute approximate surface area is 166 Å². The third-order valence-electron chi connectivity index (χ3n) is 4.14. The van der Waals surface area contributed by atoms with Crippen LogP contribution in [0, 0.1) is 5.92 Å². The van der Waals surface area contributed by atoms with E-state index >= 15 is 0 Å². The molecule has 1 atom stereocenters. The summed E-state index contributed by atoms with van der Waals surface area (Å²) in [6.07, 6.45) is 0.432. The minimum atomic E-state index is -0.514. The number of aliphatic imine (C=N–C) groups is 1. The molecule has 1 aromatic carbocycles. The standard InChI is InChI=1S/C19H21BrN2O3S/c1-11(2)10-25-18(24)16-12(3)21-19-22(15(23)7-8-26-19)17(16)13-5-4-6-14(20)9-13/h4-6,9,11,17H,7-8,10H2,1-3H3/t17-/m1/s1. The van der Waals surface area contributed by atoms with Gasteiger partial charge in [-0.25, -0.2) is 9.79 Å². The molecular weight excluding hydrogens is 416 g/mol. The molecule has 0 aliphatic carbocycles. The van der Waals surface area contributed by atoms with E-state index in [0.717, 1.165) is 10.0 Å². The molecule has 1 amide bonds. The molecule has 2 heterocycles. The van der Waals surface area contributed by atoms with Crippen molar-refractivity contribution >= 4 is 44.7 Å². The number of fused-ring (bicyclic) bond motifs is 1. The van der Waals surface area contributed by atoms with E-state index in [1.807, 2.05) is 38.1 Å². The Kier molecular flexibility index (Phi) is 5.87. The van der Waals surface area contributed by atoms with Gasteiger partial charge in [0, 0.05) is 16.6 Å². The molecule has 0 radical (unpaired) electrons. The Morgan fingerprint density at radius 1 is 1.46 bits per heavy atom. The van der Waals surface area contributed by atoms with Crippen molar-refractivity contribution in [1.29, 1.82) is 0 Å². The number of amides is 1. The first-order valence-electron chi connectivity index (χ1n) is 8.55. The van der Waals surface area contributed by atoms with E-state index in [2.05, 4.69) is 20.9 Å². The number of carbonyl (C=O) groups is 2. The van der Waals surface area contributed by atoms with Crippen LogP contribution in [-0.4, -0.2) is 34.3 Å². The molecule has 0 unspecified atom stereocenters. The van der Waals surface area contributed by atoms with Gasteiger partial charge in [0.15, 0.2) is 5.17 Å². The normalized spacial score (nSPS) is 20.2. The SMILES string of the molecule is CC1=C(C(=O)OCC(C)C)[C@@H](c2cccc(Br)c2)N2C(=O)CCSC2=N1. The first-order chi connectivity index (χ1) is 12.4. The lowest BCUT2D eigenvalue weighted by atomic mass is 9.94. The van der Waals surface area contributed by atoms with Crippen LogP contribution in [0.5, 0.6) is 0 Å². The lowest BCUT2D eigenvalue weighted by Gasteiger charge is -2.39. The highest BCUT2D eigenvalue weighted by Gasteiger charge is 2.41. The van der Waals surface area contributed by atoms with E-state index in [1.54, 1.807) is 23.6 Å². The number of hydrogen-bond acceptors (Lipinski definition) is 5. The predicted molar refractivity (Wildman–Crippen MR) is 107 cm³/mol. The van der Waals surface area contributed by atoms with Gasteiger partial charge in [-0.3, -0.25) is 9.69 Å². The second kappa shape index (κ2) is 7.96. The average Bonchev–Trinajstić information content (AvgIpc) is 2.58. The molecule has 1 aromatic rings. The quantitative estimate of drug-likeness (QED) is 0.660. The summed E-state index contributed by atoms with van der Waals surface area (Å²) in [5.74, 6) is 0.514. The third-order valence-corrected chi connectivity index (χ3v) is 5.59. The van der Waals surface area contributed by atoms with Crippen LogP contribution in [-0.2, 0) is 14.3 Å². The molecule has 0 spiro atoms. The lowest BCUT2D eigenvalue weighted by molar-refractivity contribution is -0.141. The number of nitrogens with zero attached hydrogens (tertiary/aromatic N) is 2. The van der Waals surface area contributed by atoms with Gasteiger partial charge in [-0.15, -0.1) is 0 Å². The maximum atomic E-state index is 12.9. The van der Waals surface area contributed by atoms with E-state index in [0.29, 0.717) is 35.2 Å². The van der Waals surface area contributed by atoms with Crippen LogP contribution < -0.4 is 0 Å². The van der Waals surface area contributed by atoms with Crippen LogP contribution in [0.4, 0.5) is 0 Å². The van der Waals surface area contributed by atoms with E-state index in [-0.39, 0.29) is 11.8 Å². The van der Waals surface area contributed by atoms with E-state index in [1.165, 1.54) is 0 Å². The summed E-state index contributed by atoms with van der Waals surface area (Å²) in [5.41, 5.74) is 1.90. The summed E-state index contributed by atoms with van der Waals surface area (Å²) in [6, 6.07) is 7.16.